The first-order chi connectivity index (χ1) is 41.3. The fourth-order valence-electron chi connectivity index (χ4n) is 11.7. The summed E-state index contributed by atoms with van der Waals surface area (Å²) in [6.45, 7) is 3.71. The second kappa shape index (κ2) is 63.9. The molecule has 7 unspecified atom stereocenters. The van der Waals surface area contributed by atoms with Gasteiger partial charge in [0.05, 0.1) is 25.4 Å². The number of carbonyl (C=O) groups excluding carboxylic acids is 1. The first-order valence-corrected chi connectivity index (χ1v) is 36.5. The van der Waals surface area contributed by atoms with Gasteiger partial charge >= 0.3 is 0 Å². The molecule has 0 bridgehead atoms. The highest BCUT2D eigenvalue weighted by Crippen LogP contribution is 2.24. The Kier molecular flexibility index (Phi) is 60.8. The molecule has 0 aromatic carbocycles. The fourth-order valence-corrected chi connectivity index (χ4v) is 11.7. The van der Waals surface area contributed by atoms with E-state index in [1.165, 1.54) is 270 Å². The number of aliphatic hydroxyl groups excluding tert-OH is 5. The van der Waals surface area contributed by atoms with E-state index in [1.54, 1.807) is 6.08 Å². The average molecular weight is 1180 g/mol. The minimum absolute atomic E-state index is 0.170. The lowest BCUT2D eigenvalue weighted by Crippen LogP contribution is -2.60. The number of ether oxygens (including phenoxy) is 2. The number of aliphatic hydroxyl groups is 5. The maximum absolute atomic E-state index is 13.1. The molecule has 0 aromatic rings. The maximum atomic E-state index is 13.1. The summed E-state index contributed by atoms with van der Waals surface area (Å²) >= 11 is 0. The highest BCUT2D eigenvalue weighted by Gasteiger charge is 2.44. The van der Waals surface area contributed by atoms with Crippen molar-refractivity contribution in [3.63, 3.8) is 0 Å². The molecule has 1 saturated heterocycles. The number of amides is 1. The van der Waals surface area contributed by atoms with Gasteiger partial charge in [0, 0.05) is 6.42 Å². The van der Waals surface area contributed by atoms with Crippen LogP contribution >= 0.6 is 0 Å². The van der Waals surface area contributed by atoms with E-state index in [4.69, 9.17) is 9.47 Å². The van der Waals surface area contributed by atoms with Gasteiger partial charge < -0.3 is 40.3 Å². The molecule has 1 fully saturated rings. The third-order valence-electron chi connectivity index (χ3n) is 17.3. The van der Waals surface area contributed by atoms with E-state index in [-0.39, 0.29) is 12.5 Å². The van der Waals surface area contributed by atoms with E-state index < -0.39 is 49.5 Å². The summed E-state index contributed by atoms with van der Waals surface area (Å²) in [5, 5.41) is 54.8. The van der Waals surface area contributed by atoms with E-state index in [0.717, 1.165) is 64.2 Å². The van der Waals surface area contributed by atoms with Gasteiger partial charge in [0.2, 0.25) is 5.91 Å². The van der Waals surface area contributed by atoms with Crippen molar-refractivity contribution in [3.8, 4) is 0 Å². The molecular weight excluding hydrogens is 1040 g/mol. The predicted octanol–water partition coefficient (Wildman–Crippen LogP) is 20.1. The maximum Gasteiger partial charge on any atom is 0.220 e. The molecule has 9 heteroatoms. The fraction of sp³-hybridized carbons (Fsp3) is 0.853. The molecule has 6 N–H and O–H groups in total. The molecule has 1 rings (SSSR count). The second-order valence-electron chi connectivity index (χ2n) is 25.4. The molecular formula is C75H139NO8. The van der Waals surface area contributed by atoms with E-state index in [1.807, 2.05) is 6.08 Å². The van der Waals surface area contributed by atoms with Gasteiger partial charge in [-0.05, 0) is 57.8 Å². The van der Waals surface area contributed by atoms with Gasteiger partial charge in [-0.3, -0.25) is 4.79 Å². The number of allylic oxidation sites excluding steroid dienone is 9. The molecule has 492 valence electrons. The van der Waals surface area contributed by atoms with E-state index in [9.17, 15) is 30.3 Å². The van der Waals surface area contributed by atoms with Crippen LogP contribution in [0.15, 0.2) is 60.8 Å². The molecule has 1 heterocycles. The van der Waals surface area contributed by atoms with Crippen LogP contribution in [0.2, 0.25) is 0 Å². The molecule has 0 saturated carbocycles. The van der Waals surface area contributed by atoms with E-state index in [2.05, 4.69) is 67.8 Å². The Morgan fingerprint density at radius 1 is 0.417 bits per heavy atom. The Balaban J connectivity index is 2.06. The Morgan fingerprint density at radius 2 is 0.738 bits per heavy atom. The summed E-state index contributed by atoms with van der Waals surface area (Å²) in [7, 11) is 0. The molecule has 0 radical (unpaired) electrons. The predicted molar refractivity (Wildman–Crippen MR) is 359 cm³/mol. The van der Waals surface area contributed by atoms with Crippen molar-refractivity contribution in [2.45, 2.75) is 397 Å². The van der Waals surface area contributed by atoms with Crippen molar-refractivity contribution in [3.05, 3.63) is 60.8 Å². The van der Waals surface area contributed by atoms with Gasteiger partial charge in [0.25, 0.3) is 0 Å². The van der Waals surface area contributed by atoms with Crippen LogP contribution in [0.4, 0.5) is 0 Å². The topological polar surface area (TPSA) is 149 Å². The van der Waals surface area contributed by atoms with Crippen molar-refractivity contribution in [1.29, 1.82) is 0 Å². The number of nitrogens with one attached hydrogen (secondary N) is 1. The van der Waals surface area contributed by atoms with Gasteiger partial charge in [-0.1, -0.05) is 351 Å². The van der Waals surface area contributed by atoms with Crippen LogP contribution in [-0.4, -0.2) is 87.5 Å². The molecule has 84 heavy (non-hydrogen) atoms. The minimum atomic E-state index is -1.57. The van der Waals surface area contributed by atoms with E-state index >= 15 is 0 Å². The Morgan fingerprint density at radius 3 is 1.10 bits per heavy atom. The van der Waals surface area contributed by atoms with Gasteiger partial charge in [-0.2, -0.15) is 0 Å². The lowest BCUT2D eigenvalue weighted by atomic mass is 9.99. The monoisotopic (exact) mass is 1180 g/mol. The SMILES string of the molecule is CC/C=C\C/C=C\C/C=C\C/C=C\CCCCCCCCCCCCCCCCCCCCCCCCCCCCC(=O)NC(COC1OC(CO)C(O)C(O)C1O)C(O)/C=C/CCCCCCCCCCCCCCCCCCCCCC. The normalized spacial score (nSPS) is 18.5. The zero-order valence-electron chi connectivity index (χ0n) is 55.2. The summed E-state index contributed by atoms with van der Waals surface area (Å²) in [5.41, 5.74) is 0. The largest absolute Gasteiger partial charge is 0.394 e. The number of hydrogen-bond donors (Lipinski definition) is 6. The molecule has 7 atom stereocenters. The molecule has 9 nitrogen and oxygen atoms in total. The minimum Gasteiger partial charge on any atom is -0.394 e. The quantitative estimate of drug-likeness (QED) is 0.0261. The number of carbonyl (C=O) groups is 1. The first kappa shape index (κ1) is 79.9. The summed E-state index contributed by atoms with van der Waals surface area (Å²) in [4.78, 5) is 13.1. The summed E-state index contributed by atoms with van der Waals surface area (Å²) in [6.07, 6.45) is 82.0. The number of rotatable bonds is 64. The highest BCUT2D eigenvalue weighted by atomic mass is 16.7. The van der Waals surface area contributed by atoms with Crippen molar-refractivity contribution in [1.82, 2.24) is 5.32 Å². The van der Waals surface area contributed by atoms with Crippen LogP contribution in [0.25, 0.3) is 0 Å². The summed E-state index contributed by atoms with van der Waals surface area (Å²) in [5.74, 6) is -0.170. The molecule has 0 aliphatic carbocycles. The highest BCUT2D eigenvalue weighted by molar-refractivity contribution is 5.76. The van der Waals surface area contributed by atoms with Crippen LogP contribution in [0.5, 0.6) is 0 Å². The van der Waals surface area contributed by atoms with Crippen molar-refractivity contribution < 1.29 is 39.8 Å². The molecule has 1 amide bonds. The molecule has 1 aliphatic heterocycles. The van der Waals surface area contributed by atoms with Crippen LogP contribution < -0.4 is 5.32 Å². The average Bonchev–Trinajstić information content (AvgIpc) is 3.70. The van der Waals surface area contributed by atoms with Gasteiger partial charge in [-0.25, -0.2) is 0 Å². The lowest BCUT2D eigenvalue weighted by molar-refractivity contribution is -0.302. The molecule has 1 aliphatic rings. The second-order valence-corrected chi connectivity index (χ2v) is 25.4. The molecule has 0 aromatic heterocycles. The van der Waals surface area contributed by atoms with Crippen molar-refractivity contribution in [2.24, 2.45) is 0 Å². The van der Waals surface area contributed by atoms with E-state index in [0.29, 0.717) is 6.42 Å². The van der Waals surface area contributed by atoms with Crippen LogP contribution in [0.1, 0.15) is 354 Å². The zero-order valence-corrected chi connectivity index (χ0v) is 55.2. The van der Waals surface area contributed by atoms with Gasteiger partial charge in [0.1, 0.15) is 24.4 Å². The van der Waals surface area contributed by atoms with Crippen molar-refractivity contribution >= 4 is 5.91 Å². The van der Waals surface area contributed by atoms with Crippen LogP contribution in [0.3, 0.4) is 0 Å². The Bertz CT molecular complexity index is 1510. The van der Waals surface area contributed by atoms with Gasteiger partial charge in [0.15, 0.2) is 6.29 Å². The summed E-state index contributed by atoms with van der Waals surface area (Å²) < 4.78 is 11.3. The number of hydrogen-bond acceptors (Lipinski definition) is 8. The third-order valence-corrected chi connectivity index (χ3v) is 17.3. The van der Waals surface area contributed by atoms with Crippen LogP contribution in [0, 0.1) is 0 Å². The zero-order chi connectivity index (χ0) is 60.7. The first-order valence-electron chi connectivity index (χ1n) is 36.5. The Labute approximate surface area is 519 Å². The third kappa shape index (κ3) is 51.9. The lowest BCUT2D eigenvalue weighted by Gasteiger charge is -2.40. The smallest absolute Gasteiger partial charge is 0.220 e. The molecule has 0 spiro atoms. The van der Waals surface area contributed by atoms with Crippen LogP contribution in [-0.2, 0) is 14.3 Å². The van der Waals surface area contributed by atoms with Crippen molar-refractivity contribution in [2.75, 3.05) is 13.2 Å². The number of unbranched alkanes of at least 4 members (excludes halogenated alkanes) is 46. The standard InChI is InChI=1S/C75H139NO8/c1-3-5-7-9-11-13-15-17-19-21-23-25-27-28-29-30-31-32-33-34-35-36-37-38-39-40-41-42-43-45-47-49-51-53-55-57-59-61-63-65-71(79)76-68(67-83-75-74(82)73(81)72(80)70(66-77)84-75)69(78)64-62-60-58-56-54-52-50-48-46-44-26-24-22-20-18-16-14-12-10-8-6-4-2/h5,7,11,13,17,19,23,25,62,64,68-70,72-75,77-78,80-82H,3-4,6,8-10,12,14-16,18,20-22,24,26-61,63,65-67H2,1-2H3,(H,76,79)/b7-5-,13-11-,19-17-,25-23-,64-62+. The van der Waals surface area contributed by atoms with Gasteiger partial charge in [-0.15, -0.1) is 0 Å². The Hall–Kier alpha value is -2.11. The summed E-state index contributed by atoms with van der Waals surface area (Å²) in [6, 6.07) is -0.805.